The molecular weight excluding hydrogens is 208 g/mol. The van der Waals surface area contributed by atoms with E-state index < -0.39 is 12.0 Å². The van der Waals surface area contributed by atoms with Crippen LogP contribution in [0.15, 0.2) is 18.3 Å². The van der Waals surface area contributed by atoms with Crippen LogP contribution in [0.3, 0.4) is 0 Å². The Labute approximate surface area is 92.7 Å². The van der Waals surface area contributed by atoms with Crippen molar-refractivity contribution < 1.29 is 14.7 Å². The number of aliphatic carboxylic acids is 1. The van der Waals surface area contributed by atoms with Gasteiger partial charge in [0.1, 0.15) is 6.04 Å². The Morgan fingerprint density at radius 3 is 2.88 bits per heavy atom. The maximum atomic E-state index is 11.6. The molecule has 1 unspecified atom stereocenters. The average Bonchev–Trinajstić information content (AvgIpc) is 2.62. The van der Waals surface area contributed by atoms with Gasteiger partial charge < -0.3 is 5.11 Å². The molecule has 5 heteroatoms. The molecule has 2 rings (SSSR count). The lowest BCUT2D eigenvalue weighted by Crippen LogP contribution is -2.38. The molecule has 0 aliphatic carbocycles. The van der Waals surface area contributed by atoms with E-state index in [2.05, 4.69) is 4.98 Å². The first-order chi connectivity index (χ1) is 7.59. The quantitative estimate of drug-likeness (QED) is 0.806. The molecular formula is C11H12N2O3. The molecule has 1 fully saturated rings. The van der Waals surface area contributed by atoms with Crippen molar-refractivity contribution in [1.29, 1.82) is 0 Å². The summed E-state index contributed by atoms with van der Waals surface area (Å²) in [6.07, 6.45) is 2.18. The summed E-state index contributed by atoms with van der Waals surface area (Å²) >= 11 is 0. The number of aryl methyl sites for hydroxylation is 1. The van der Waals surface area contributed by atoms with Crippen LogP contribution in [0.25, 0.3) is 0 Å². The van der Waals surface area contributed by atoms with E-state index in [4.69, 9.17) is 5.11 Å². The molecule has 1 aliphatic heterocycles. The molecule has 0 radical (unpaired) electrons. The number of anilines is 1. The second kappa shape index (κ2) is 3.92. The monoisotopic (exact) mass is 220 g/mol. The van der Waals surface area contributed by atoms with E-state index in [9.17, 15) is 9.59 Å². The Kier molecular flexibility index (Phi) is 2.60. The van der Waals surface area contributed by atoms with Crippen LogP contribution in [-0.2, 0) is 9.59 Å². The van der Waals surface area contributed by atoms with Gasteiger partial charge in [-0.3, -0.25) is 14.7 Å². The minimum absolute atomic E-state index is 0.155. The highest BCUT2D eigenvalue weighted by atomic mass is 16.4. The summed E-state index contributed by atoms with van der Waals surface area (Å²) < 4.78 is 0. The molecule has 2 heterocycles. The molecule has 84 valence electrons. The first-order valence-electron chi connectivity index (χ1n) is 5.07. The zero-order chi connectivity index (χ0) is 11.7. The van der Waals surface area contributed by atoms with Crippen LogP contribution >= 0.6 is 0 Å². The molecule has 1 atom stereocenters. The van der Waals surface area contributed by atoms with Crippen LogP contribution in [0.4, 0.5) is 5.69 Å². The molecule has 16 heavy (non-hydrogen) atoms. The van der Waals surface area contributed by atoms with Crippen molar-refractivity contribution in [3.8, 4) is 0 Å². The van der Waals surface area contributed by atoms with Crippen LogP contribution in [0.2, 0.25) is 0 Å². The second-order valence-electron chi connectivity index (χ2n) is 3.81. The Hall–Kier alpha value is -1.91. The third kappa shape index (κ3) is 1.76. The molecule has 1 N–H and O–H groups in total. The van der Waals surface area contributed by atoms with Crippen LogP contribution in [-0.4, -0.2) is 28.0 Å². The molecule has 1 amide bonds. The summed E-state index contributed by atoms with van der Waals surface area (Å²) in [6.45, 7) is 1.84. The second-order valence-corrected chi connectivity index (χ2v) is 3.81. The van der Waals surface area contributed by atoms with Crippen molar-refractivity contribution in [2.24, 2.45) is 0 Å². The number of nitrogens with zero attached hydrogens (tertiary/aromatic N) is 2. The lowest BCUT2D eigenvalue weighted by atomic mass is 10.2. The summed E-state index contributed by atoms with van der Waals surface area (Å²) in [5, 5.41) is 9.00. The first kappa shape index (κ1) is 10.6. The minimum Gasteiger partial charge on any atom is -0.480 e. The largest absolute Gasteiger partial charge is 0.480 e. The van der Waals surface area contributed by atoms with Crippen molar-refractivity contribution in [3.05, 3.63) is 24.0 Å². The number of pyridine rings is 1. The maximum Gasteiger partial charge on any atom is 0.326 e. The first-order valence-corrected chi connectivity index (χ1v) is 5.07. The number of rotatable bonds is 2. The van der Waals surface area contributed by atoms with Crippen LogP contribution in [0, 0.1) is 6.92 Å². The summed E-state index contributed by atoms with van der Waals surface area (Å²) in [5.41, 5.74) is 1.39. The number of aromatic nitrogens is 1. The molecule has 0 spiro atoms. The zero-order valence-electron chi connectivity index (χ0n) is 8.88. The van der Waals surface area contributed by atoms with E-state index in [1.807, 2.05) is 6.92 Å². The molecule has 0 aromatic carbocycles. The van der Waals surface area contributed by atoms with Crippen molar-refractivity contribution in [2.75, 3.05) is 4.90 Å². The summed E-state index contributed by atoms with van der Waals surface area (Å²) in [5.74, 6) is -1.12. The number of carboxylic acids is 1. The van der Waals surface area contributed by atoms with Gasteiger partial charge in [-0.05, 0) is 25.5 Å². The topological polar surface area (TPSA) is 70.5 Å². The molecule has 1 aromatic heterocycles. The number of carboxylic acid groups (broad SMARTS) is 1. The Morgan fingerprint density at radius 2 is 2.31 bits per heavy atom. The average molecular weight is 220 g/mol. The number of carbonyl (C=O) groups is 2. The van der Waals surface area contributed by atoms with Gasteiger partial charge in [-0.1, -0.05) is 0 Å². The van der Waals surface area contributed by atoms with Gasteiger partial charge in [0.25, 0.3) is 0 Å². The standard InChI is InChI=1S/C11H12N2O3/c1-7-2-3-8(6-12-7)13-9(11(15)16)4-5-10(13)14/h2-3,6,9H,4-5H2,1H3,(H,15,16). The van der Waals surface area contributed by atoms with Gasteiger partial charge in [0.05, 0.1) is 11.9 Å². The van der Waals surface area contributed by atoms with Gasteiger partial charge >= 0.3 is 5.97 Å². The van der Waals surface area contributed by atoms with E-state index in [-0.39, 0.29) is 12.3 Å². The van der Waals surface area contributed by atoms with Gasteiger partial charge in [-0.25, -0.2) is 4.79 Å². The van der Waals surface area contributed by atoms with E-state index in [1.165, 1.54) is 11.1 Å². The fourth-order valence-electron chi connectivity index (χ4n) is 1.84. The molecule has 5 nitrogen and oxygen atoms in total. The van der Waals surface area contributed by atoms with Crippen LogP contribution in [0.1, 0.15) is 18.5 Å². The fourth-order valence-corrected chi connectivity index (χ4v) is 1.84. The molecule has 0 saturated carbocycles. The predicted molar refractivity (Wildman–Crippen MR) is 57.1 cm³/mol. The Bertz CT molecular complexity index is 427. The molecule has 1 aromatic rings. The summed E-state index contributed by atoms with van der Waals surface area (Å²) in [7, 11) is 0. The SMILES string of the molecule is Cc1ccc(N2C(=O)CCC2C(=O)O)cn1. The van der Waals surface area contributed by atoms with E-state index in [0.717, 1.165) is 5.69 Å². The minimum atomic E-state index is -0.966. The van der Waals surface area contributed by atoms with E-state index in [0.29, 0.717) is 12.1 Å². The van der Waals surface area contributed by atoms with Gasteiger partial charge in [-0.2, -0.15) is 0 Å². The van der Waals surface area contributed by atoms with Crippen molar-refractivity contribution >= 4 is 17.6 Å². The van der Waals surface area contributed by atoms with Gasteiger partial charge in [0.2, 0.25) is 5.91 Å². The lowest BCUT2D eigenvalue weighted by molar-refractivity contribution is -0.138. The highest BCUT2D eigenvalue weighted by molar-refractivity contribution is 6.02. The van der Waals surface area contributed by atoms with E-state index >= 15 is 0 Å². The third-order valence-corrected chi connectivity index (χ3v) is 2.67. The normalized spacial score (nSPS) is 20.2. The van der Waals surface area contributed by atoms with Crippen molar-refractivity contribution in [3.63, 3.8) is 0 Å². The number of amides is 1. The van der Waals surface area contributed by atoms with Crippen molar-refractivity contribution in [2.45, 2.75) is 25.8 Å². The fraction of sp³-hybridized carbons (Fsp3) is 0.364. The molecule has 0 bridgehead atoms. The van der Waals surface area contributed by atoms with Gasteiger partial charge in [0.15, 0.2) is 0 Å². The summed E-state index contributed by atoms with van der Waals surface area (Å²) in [6, 6.07) is 2.73. The number of carbonyl (C=O) groups excluding carboxylic acids is 1. The zero-order valence-corrected chi connectivity index (χ0v) is 8.88. The Balaban J connectivity index is 2.33. The van der Waals surface area contributed by atoms with Gasteiger partial charge in [-0.15, -0.1) is 0 Å². The lowest BCUT2D eigenvalue weighted by Gasteiger charge is -2.21. The smallest absolute Gasteiger partial charge is 0.326 e. The summed E-state index contributed by atoms with van der Waals surface area (Å²) in [4.78, 5) is 28.0. The predicted octanol–water partition coefficient (Wildman–Crippen LogP) is 0.970. The third-order valence-electron chi connectivity index (χ3n) is 2.67. The highest BCUT2D eigenvalue weighted by Gasteiger charge is 2.37. The molecule has 1 saturated heterocycles. The maximum absolute atomic E-state index is 11.6. The van der Waals surface area contributed by atoms with Crippen LogP contribution < -0.4 is 4.90 Å². The molecule has 1 aliphatic rings. The number of hydrogen-bond acceptors (Lipinski definition) is 3. The highest BCUT2D eigenvalue weighted by Crippen LogP contribution is 2.26. The van der Waals surface area contributed by atoms with Crippen LogP contribution in [0.5, 0.6) is 0 Å². The number of hydrogen-bond donors (Lipinski definition) is 1. The Morgan fingerprint density at radius 1 is 1.56 bits per heavy atom. The van der Waals surface area contributed by atoms with Gasteiger partial charge in [0, 0.05) is 12.1 Å². The van der Waals surface area contributed by atoms with E-state index in [1.54, 1.807) is 12.1 Å². The van der Waals surface area contributed by atoms with Crippen molar-refractivity contribution in [1.82, 2.24) is 4.98 Å².